The quantitative estimate of drug-likeness (QED) is 0.809. The number of nitrogens with zero attached hydrogens (tertiary/aromatic N) is 1. The van der Waals surface area contributed by atoms with Crippen LogP contribution in [0, 0.1) is 0 Å². The molecule has 2 aromatic rings. The van der Waals surface area contributed by atoms with E-state index in [2.05, 4.69) is 27.0 Å². The van der Waals surface area contributed by atoms with Crippen LogP contribution in [0.4, 0.5) is 5.69 Å². The van der Waals surface area contributed by atoms with Gasteiger partial charge in [-0.15, -0.1) is 11.3 Å². The molecule has 3 aliphatic heterocycles. The second-order valence-corrected chi connectivity index (χ2v) is 8.59. The van der Waals surface area contributed by atoms with Crippen LogP contribution in [0.2, 0.25) is 0 Å². The van der Waals surface area contributed by atoms with E-state index in [4.69, 9.17) is 9.47 Å². The maximum Gasteiger partial charge on any atom is 0.251 e. The second kappa shape index (κ2) is 7.73. The lowest BCUT2D eigenvalue weighted by atomic mass is 9.95. The van der Waals surface area contributed by atoms with Gasteiger partial charge in [0.05, 0.1) is 18.9 Å². The molecule has 0 saturated carbocycles. The third kappa shape index (κ3) is 3.74. The SMILES string of the molecule is O=C(N[C@@H]1C[C@H]2CC[C@@H]1N2)c1ccc(Oc2cc(N3CCOCC3)cs2)cc1. The maximum absolute atomic E-state index is 12.5. The number of amides is 1. The number of benzene rings is 1. The maximum atomic E-state index is 12.5. The van der Waals surface area contributed by atoms with E-state index < -0.39 is 0 Å². The number of hydrogen-bond donors (Lipinski definition) is 2. The Morgan fingerprint density at radius 1 is 1.21 bits per heavy atom. The highest BCUT2D eigenvalue weighted by molar-refractivity contribution is 7.12. The number of carbonyl (C=O) groups excluding carboxylic acids is 1. The zero-order valence-corrected chi connectivity index (χ0v) is 16.5. The molecule has 3 saturated heterocycles. The number of carbonyl (C=O) groups is 1. The lowest BCUT2D eigenvalue weighted by Gasteiger charge is -2.27. The number of thiophene rings is 1. The molecule has 0 radical (unpaired) electrons. The van der Waals surface area contributed by atoms with Gasteiger partial charge in [-0.2, -0.15) is 0 Å². The van der Waals surface area contributed by atoms with Crippen LogP contribution < -0.4 is 20.3 Å². The number of rotatable bonds is 5. The summed E-state index contributed by atoms with van der Waals surface area (Å²) in [6.07, 6.45) is 3.44. The Balaban J connectivity index is 1.18. The number of morpholine rings is 1. The molecule has 0 aliphatic carbocycles. The van der Waals surface area contributed by atoms with Crippen molar-refractivity contribution in [3.63, 3.8) is 0 Å². The van der Waals surface area contributed by atoms with Crippen LogP contribution >= 0.6 is 11.3 Å². The molecular weight excluding hydrogens is 374 g/mol. The van der Waals surface area contributed by atoms with Crippen molar-refractivity contribution < 1.29 is 14.3 Å². The number of anilines is 1. The Labute approximate surface area is 168 Å². The normalized spacial score (nSPS) is 26.4. The van der Waals surface area contributed by atoms with Crippen molar-refractivity contribution >= 4 is 22.9 Å². The van der Waals surface area contributed by atoms with Crippen LogP contribution in [-0.4, -0.2) is 50.3 Å². The number of nitrogens with one attached hydrogen (secondary N) is 2. The topological polar surface area (TPSA) is 62.8 Å². The van der Waals surface area contributed by atoms with E-state index in [1.54, 1.807) is 11.3 Å². The van der Waals surface area contributed by atoms with Gasteiger partial charge in [0.15, 0.2) is 5.06 Å². The minimum Gasteiger partial charge on any atom is -0.447 e. The van der Waals surface area contributed by atoms with Crippen LogP contribution in [0.5, 0.6) is 10.8 Å². The lowest BCUT2D eigenvalue weighted by Crippen LogP contribution is -2.42. The van der Waals surface area contributed by atoms with Crippen molar-refractivity contribution in [1.29, 1.82) is 0 Å². The van der Waals surface area contributed by atoms with Gasteiger partial charge in [-0.25, -0.2) is 0 Å². The Kier molecular flexibility index (Phi) is 4.96. The standard InChI is InChI=1S/C21H25N3O3S/c25-21(23-19-11-15-3-6-18(19)22-15)14-1-4-17(5-2-14)27-20-12-16(13-28-20)24-7-9-26-10-8-24/h1-2,4-5,12-13,15,18-19,22H,3,6-11H2,(H,23,25)/t15-,18+,19-/m1/s1. The van der Waals surface area contributed by atoms with Crippen LogP contribution in [0.15, 0.2) is 35.7 Å². The fraction of sp³-hybridized carbons (Fsp3) is 0.476. The summed E-state index contributed by atoms with van der Waals surface area (Å²) < 4.78 is 11.4. The van der Waals surface area contributed by atoms with Crippen LogP contribution in [-0.2, 0) is 4.74 Å². The van der Waals surface area contributed by atoms with Crippen molar-refractivity contribution in [1.82, 2.24) is 10.6 Å². The van der Waals surface area contributed by atoms with Crippen molar-refractivity contribution in [2.45, 2.75) is 37.4 Å². The highest BCUT2D eigenvalue weighted by Gasteiger charge is 2.39. The summed E-state index contributed by atoms with van der Waals surface area (Å²) in [6.45, 7) is 3.37. The van der Waals surface area contributed by atoms with Crippen LogP contribution in [0.1, 0.15) is 29.6 Å². The molecule has 3 aliphatic rings. The highest BCUT2D eigenvalue weighted by Crippen LogP contribution is 2.33. The average Bonchev–Trinajstić information content (AvgIpc) is 3.46. The Bertz CT molecular complexity index is 832. The summed E-state index contributed by atoms with van der Waals surface area (Å²) in [5.41, 5.74) is 1.86. The van der Waals surface area contributed by atoms with Crippen molar-refractivity contribution in [3.8, 4) is 10.8 Å². The van der Waals surface area contributed by atoms with E-state index in [1.807, 2.05) is 24.3 Å². The zero-order valence-electron chi connectivity index (χ0n) is 15.7. The summed E-state index contributed by atoms with van der Waals surface area (Å²) in [6, 6.07) is 10.7. The Hall–Kier alpha value is -2.09. The van der Waals surface area contributed by atoms with Gasteiger partial charge in [0.2, 0.25) is 0 Å². The fourth-order valence-electron chi connectivity index (χ4n) is 4.37. The third-order valence-electron chi connectivity index (χ3n) is 5.89. The Morgan fingerprint density at radius 2 is 2.04 bits per heavy atom. The van der Waals surface area contributed by atoms with E-state index in [1.165, 1.54) is 12.1 Å². The first kappa shape index (κ1) is 18.0. The third-order valence-corrected chi connectivity index (χ3v) is 6.68. The van der Waals surface area contributed by atoms with Gasteiger partial charge in [-0.3, -0.25) is 4.79 Å². The molecule has 4 heterocycles. The first-order chi connectivity index (χ1) is 13.7. The molecule has 2 bridgehead atoms. The van der Waals surface area contributed by atoms with Crippen LogP contribution in [0.25, 0.3) is 0 Å². The first-order valence-corrected chi connectivity index (χ1v) is 10.9. The van der Waals surface area contributed by atoms with Crippen molar-refractivity contribution in [2.75, 3.05) is 31.2 Å². The van der Waals surface area contributed by atoms with Crippen LogP contribution in [0.3, 0.4) is 0 Å². The predicted octanol–water partition coefficient (Wildman–Crippen LogP) is 3.00. The second-order valence-electron chi connectivity index (χ2n) is 7.71. The minimum absolute atomic E-state index is 0.00312. The van der Waals surface area contributed by atoms with E-state index >= 15 is 0 Å². The zero-order chi connectivity index (χ0) is 18.9. The van der Waals surface area contributed by atoms with Gasteiger partial charge in [-0.05, 0) is 43.5 Å². The monoisotopic (exact) mass is 399 g/mol. The lowest BCUT2D eigenvalue weighted by molar-refractivity contribution is 0.0931. The molecule has 0 spiro atoms. The molecule has 2 N–H and O–H groups in total. The average molecular weight is 400 g/mol. The van der Waals surface area contributed by atoms with E-state index in [-0.39, 0.29) is 11.9 Å². The van der Waals surface area contributed by atoms with E-state index in [0.717, 1.165) is 50.0 Å². The largest absolute Gasteiger partial charge is 0.447 e. The number of ether oxygens (including phenoxy) is 2. The molecule has 1 aromatic carbocycles. The summed E-state index contributed by atoms with van der Waals surface area (Å²) in [5.74, 6) is 0.741. The molecule has 148 valence electrons. The van der Waals surface area contributed by atoms with Gasteiger partial charge in [-0.1, -0.05) is 0 Å². The Morgan fingerprint density at radius 3 is 2.75 bits per heavy atom. The summed E-state index contributed by atoms with van der Waals surface area (Å²) >= 11 is 1.59. The number of fused-ring (bicyclic) bond motifs is 2. The van der Waals surface area contributed by atoms with Crippen molar-refractivity contribution in [3.05, 3.63) is 41.3 Å². The summed E-state index contributed by atoms with van der Waals surface area (Å²) in [4.78, 5) is 14.8. The molecule has 0 unspecified atom stereocenters. The van der Waals surface area contributed by atoms with Gasteiger partial charge in [0.25, 0.3) is 5.91 Å². The molecule has 1 aromatic heterocycles. The molecule has 5 rings (SSSR count). The summed E-state index contributed by atoms with van der Waals surface area (Å²) in [5, 5.41) is 9.70. The van der Waals surface area contributed by atoms with E-state index in [9.17, 15) is 4.79 Å². The number of hydrogen-bond acceptors (Lipinski definition) is 6. The molecule has 1 amide bonds. The van der Waals surface area contributed by atoms with Gasteiger partial charge in [0, 0.05) is 48.2 Å². The smallest absolute Gasteiger partial charge is 0.251 e. The molecule has 7 heteroatoms. The molecular formula is C21H25N3O3S. The van der Waals surface area contributed by atoms with Gasteiger partial charge in [0.1, 0.15) is 5.75 Å². The molecule has 3 fully saturated rings. The molecule has 28 heavy (non-hydrogen) atoms. The van der Waals surface area contributed by atoms with E-state index in [0.29, 0.717) is 17.6 Å². The first-order valence-electron chi connectivity index (χ1n) is 10.0. The molecule has 6 nitrogen and oxygen atoms in total. The van der Waals surface area contributed by atoms with Crippen molar-refractivity contribution in [2.24, 2.45) is 0 Å². The highest BCUT2D eigenvalue weighted by atomic mass is 32.1. The minimum atomic E-state index is -0.00312. The van der Waals surface area contributed by atoms with Gasteiger partial charge >= 0.3 is 0 Å². The summed E-state index contributed by atoms with van der Waals surface area (Å²) in [7, 11) is 0. The fourth-order valence-corrected chi connectivity index (χ4v) is 5.16. The predicted molar refractivity (Wildman–Crippen MR) is 110 cm³/mol. The van der Waals surface area contributed by atoms with Gasteiger partial charge < -0.3 is 25.0 Å². The molecule has 3 atom stereocenters.